The molecule has 6 rings (SSSR count). The number of hydrogen-bond acceptors (Lipinski definition) is 5. The predicted molar refractivity (Wildman–Crippen MR) is 137 cm³/mol. The normalized spacial score (nSPS) is 22.7. The number of carbonyl (C=O) groups is 2. The Morgan fingerprint density at radius 2 is 1.66 bits per heavy atom. The van der Waals surface area contributed by atoms with E-state index in [2.05, 4.69) is 16.3 Å². The van der Waals surface area contributed by atoms with Gasteiger partial charge in [0.15, 0.2) is 5.54 Å². The van der Waals surface area contributed by atoms with Crippen LogP contribution in [-0.4, -0.2) is 39.9 Å². The molecule has 3 aromatic carbocycles. The van der Waals surface area contributed by atoms with Crippen LogP contribution < -0.4 is 5.32 Å². The minimum absolute atomic E-state index is 0.105. The second-order valence-electron chi connectivity index (χ2n) is 9.23. The lowest BCUT2D eigenvalue weighted by Gasteiger charge is -2.29. The van der Waals surface area contributed by atoms with E-state index in [0.29, 0.717) is 6.42 Å². The van der Waals surface area contributed by atoms with Gasteiger partial charge in [-0.25, -0.2) is 14.7 Å². The summed E-state index contributed by atoms with van der Waals surface area (Å²) < 4.78 is 1.16. The number of thiazole rings is 1. The molecule has 176 valence electrons. The standard InChI is InChI=1S/C28H26N4O2S/c33-26-28(21-12-5-2-6-13-21,18-20-10-3-1-4-11-20)30-27(34)32(26)19-31-17-9-15-23(31)25-29-22-14-7-8-16-24(22)35-25/h1-8,10-14,16,23H,9,15,17-19H2,(H,30,34)/t23-,28-/m0/s1. The van der Waals surface area contributed by atoms with Crippen molar-refractivity contribution < 1.29 is 9.59 Å². The van der Waals surface area contributed by atoms with Crippen molar-refractivity contribution in [1.29, 1.82) is 0 Å². The fraction of sp³-hybridized carbons (Fsp3) is 0.250. The van der Waals surface area contributed by atoms with Crippen molar-refractivity contribution in [2.24, 2.45) is 0 Å². The number of para-hydroxylation sites is 1. The lowest BCUT2D eigenvalue weighted by atomic mass is 9.83. The molecule has 0 unspecified atom stereocenters. The number of imide groups is 1. The van der Waals surface area contributed by atoms with Crippen LogP contribution in [0.5, 0.6) is 0 Å². The number of hydrogen-bond donors (Lipinski definition) is 1. The zero-order valence-electron chi connectivity index (χ0n) is 19.3. The molecule has 2 fully saturated rings. The van der Waals surface area contributed by atoms with E-state index in [1.165, 1.54) is 4.90 Å². The van der Waals surface area contributed by atoms with Crippen molar-refractivity contribution in [2.45, 2.75) is 30.8 Å². The summed E-state index contributed by atoms with van der Waals surface area (Å²) in [4.78, 5) is 35.8. The number of aromatic nitrogens is 1. The number of urea groups is 1. The molecule has 4 aromatic rings. The molecule has 0 saturated carbocycles. The van der Waals surface area contributed by atoms with Gasteiger partial charge in [-0.3, -0.25) is 9.69 Å². The number of fused-ring (bicyclic) bond motifs is 1. The first-order valence-corrected chi connectivity index (χ1v) is 12.8. The van der Waals surface area contributed by atoms with Crippen LogP contribution in [0.1, 0.15) is 35.0 Å². The molecular weight excluding hydrogens is 456 g/mol. The van der Waals surface area contributed by atoms with Crippen molar-refractivity contribution in [3.05, 3.63) is 101 Å². The molecule has 0 aliphatic carbocycles. The van der Waals surface area contributed by atoms with Gasteiger partial charge in [-0.05, 0) is 36.1 Å². The molecular formula is C28H26N4O2S. The van der Waals surface area contributed by atoms with Crippen LogP contribution in [0.15, 0.2) is 84.9 Å². The number of carbonyl (C=O) groups excluding carboxylic acids is 2. The van der Waals surface area contributed by atoms with E-state index in [0.717, 1.165) is 45.7 Å². The Morgan fingerprint density at radius 3 is 2.43 bits per heavy atom. The van der Waals surface area contributed by atoms with Gasteiger partial charge in [0.2, 0.25) is 0 Å². The van der Waals surface area contributed by atoms with Gasteiger partial charge in [0.25, 0.3) is 5.91 Å². The van der Waals surface area contributed by atoms with Crippen molar-refractivity contribution in [1.82, 2.24) is 20.1 Å². The average molecular weight is 483 g/mol. The van der Waals surface area contributed by atoms with E-state index < -0.39 is 5.54 Å². The topological polar surface area (TPSA) is 65.5 Å². The van der Waals surface area contributed by atoms with Gasteiger partial charge in [-0.2, -0.15) is 0 Å². The Kier molecular flexibility index (Phi) is 5.59. The molecule has 35 heavy (non-hydrogen) atoms. The summed E-state index contributed by atoms with van der Waals surface area (Å²) >= 11 is 1.70. The molecule has 1 N–H and O–H groups in total. The third-order valence-electron chi connectivity index (χ3n) is 7.04. The summed E-state index contributed by atoms with van der Waals surface area (Å²) in [5.74, 6) is -0.201. The van der Waals surface area contributed by atoms with Gasteiger partial charge < -0.3 is 5.32 Å². The van der Waals surface area contributed by atoms with Gasteiger partial charge >= 0.3 is 6.03 Å². The Hall–Kier alpha value is -3.55. The fourth-order valence-corrected chi connectivity index (χ4v) is 6.42. The molecule has 0 spiro atoms. The Labute approximate surface area is 208 Å². The summed E-state index contributed by atoms with van der Waals surface area (Å²) in [5, 5.41) is 4.13. The zero-order valence-corrected chi connectivity index (χ0v) is 20.1. The molecule has 0 radical (unpaired) electrons. The lowest BCUT2D eigenvalue weighted by Crippen LogP contribution is -2.47. The molecule has 2 atom stereocenters. The SMILES string of the molecule is O=C1N[C@@](Cc2ccccc2)(c2ccccc2)C(=O)N1CN1CCC[C@H]1c1nc2ccccc2s1. The third kappa shape index (κ3) is 3.90. The third-order valence-corrected chi connectivity index (χ3v) is 8.17. The minimum Gasteiger partial charge on any atom is -0.319 e. The molecule has 6 nitrogen and oxygen atoms in total. The highest BCUT2D eigenvalue weighted by atomic mass is 32.1. The number of nitrogens with zero attached hydrogens (tertiary/aromatic N) is 3. The van der Waals surface area contributed by atoms with Crippen molar-refractivity contribution >= 4 is 33.5 Å². The molecule has 2 aliphatic rings. The van der Waals surface area contributed by atoms with Crippen LogP contribution in [-0.2, 0) is 16.8 Å². The smallest absolute Gasteiger partial charge is 0.319 e. The van der Waals surface area contributed by atoms with Crippen LogP contribution in [0, 0.1) is 0 Å². The highest BCUT2D eigenvalue weighted by molar-refractivity contribution is 7.18. The quantitative estimate of drug-likeness (QED) is 0.389. The summed E-state index contributed by atoms with van der Waals surface area (Å²) in [6, 6.07) is 27.4. The van der Waals surface area contributed by atoms with E-state index >= 15 is 0 Å². The summed E-state index contributed by atoms with van der Waals surface area (Å²) in [6.45, 7) is 1.09. The second-order valence-corrected chi connectivity index (χ2v) is 10.3. The Balaban J connectivity index is 1.30. The first-order valence-electron chi connectivity index (χ1n) is 12.0. The van der Waals surface area contributed by atoms with E-state index in [-0.39, 0.29) is 24.6 Å². The predicted octanol–water partition coefficient (Wildman–Crippen LogP) is 5.08. The maximum atomic E-state index is 14.0. The van der Waals surface area contributed by atoms with Gasteiger partial charge in [0.05, 0.1) is 22.9 Å². The van der Waals surface area contributed by atoms with Gasteiger partial charge in [-0.1, -0.05) is 72.8 Å². The number of nitrogens with one attached hydrogen (secondary N) is 1. The first kappa shape index (κ1) is 21.9. The molecule has 0 bridgehead atoms. The molecule has 2 aliphatic heterocycles. The van der Waals surface area contributed by atoms with Crippen LogP contribution in [0.25, 0.3) is 10.2 Å². The van der Waals surface area contributed by atoms with Gasteiger partial charge in [0.1, 0.15) is 5.01 Å². The number of amides is 3. The van der Waals surface area contributed by atoms with Crippen LogP contribution in [0.3, 0.4) is 0 Å². The van der Waals surface area contributed by atoms with E-state index in [4.69, 9.17) is 4.98 Å². The van der Waals surface area contributed by atoms with Gasteiger partial charge in [0, 0.05) is 13.0 Å². The first-order chi connectivity index (χ1) is 17.1. The number of benzene rings is 3. The Bertz CT molecular complexity index is 1340. The maximum Gasteiger partial charge on any atom is 0.326 e. The highest BCUT2D eigenvalue weighted by Gasteiger charge is 2.53. The molecule has 1 aromatic heterocycles. The number of rotatable bonds is 6. The molecule has 3 amide bonds. The van der Waals surface area contributed by atoms with Gasteiger partial charge in [-0.15, -0.1) is 11.3 Å². The van der Waals surface area contributed by atoms with Crippen LogP contribution >= 0.6 is 11.3 Å². The summed E-state index contributed by atoms with van der Waals surface area (Å²) in [5.41, 5.74) is 1.68. The Morgan fingerprint density at radius 1 is 0.943 bits per heavy atom. The van der Waals surface area contributed by atoms with Crippen LogP contribution in [0.4, 0.5) is 4.79 Å². The van der Waals surface area contributed by atoms with E-state index in [9.17, 15) is 9.59 Å². The van der Waals surface area contributed by atoms with Crippen molar-refractivity contribution in [3.63, 3.8) is 0 Å². The van der Waals surface area contributed by atoms with E-state index in [1.54, 1.807) is 11.3 Å². The highest BCUT2D eigenvalue weighted by Crippen LogP contribution is 2.38. The minimum atomic E-state index is -1.12. The van der Waals surface area contributed by atoms with Crippen molar-refractivity contribution in [2.75, 3.05) is 13.2 Å². The second kappa shape index (κ2) is 8.91. The summed E-state index contributed by atoms with van der Waals surface area (Å²) in [7, 11) is 0. The molecule has 7 heteroatoms. The molecule has 3 heterocycles. The maximum absolute atomic E-state index is 14.0. The lowest BCUT2D eigenvalue weighted by molar-refractivity contribution is -0.133. The summed E-state index contributed by atoms with van der Waals surface area (Å²) in [6.07, 6.45) is 2.38. The van der Waals surface area contributed by atoms with E-state index in [1.807, 2.05) is 78.9 Å². The monoisotopic (exact) mass is 482 g/mol. The molecule has 2 saturated heterocycles. The van der Waals surface area contributed by atoms with Crippen LogP contribution in [0.2, 0.25) is 0 Å². The largest absolute Gasteiger partial charge is 0.326 e. The number of likely N-dealkylation sites (tertiary alicyclic amines) is 1. The zero-order chi connectivity index (χ0) is 23.8. The van der Waals surface area contributed by atoms with Crippen molar-refractivity contribution in [3.8, 4) is 0 Å². The average Bonchev–Trinajstić information content (AvgIpc) is 3.59. The fourth-order valence-electron chi connectivity index (χ4n) is 5.29.